The molecule has 8 nitrogen and oxygen atoms in total. The van der Waals surface area contributed by atoms with Gasteiger partial charge < -0.3 is 19.9 Å². The third kappa shape index (κ3) is 4.42. The summed E-state index contributed by atoms with van der Waals surface area (Å²) < 4.78 is 21.7. The Balaban J connectivity index is 1.92. The highest BCUT2D eigenvalue weighted by Crippen LogP contribution is 2.35. The molecule has 0 bridgehead atoms. The Labute approximate surface area is 162 Å². The van der Waals surface area contributed by atoms with Gasteiger partial charge >= 0.3 is 0 Å². The van der Waals surface area contributed by atoms with E-state index in [-0.39, 0.29) is 6.61 Å². The molecule has 0 fully saturated rings. The van der Waals surface area contributed by atoms with Crippen molar-refractivity contribution in [3.8, 4) is 23.0 Å². The van der Waals surface area contributed by atoms with Crippen molar-refractivity contribution in [2.75, 3.05) is 19.5 Å². The van der Waals surface area contributed by atoms with Crippen LogP contribution in [-0.4, -0.2) is 33.5 Å². The van der Waals surface area contributed by atoms with E-state index in [1.165, 1.54) is 25.6 Å². The third-order valence-electron chi connectivity index (χ3n) is 3.65. The van der Waals surface area contributed by atoms with E-state index >= 15 is 0 Å². The smallest absolute Gasteiger partial charge is 0.216 e. The predicted molar refractivity (Wildman–Crippen MR) is 105 cm³/mol. The maximum absolute atomic E-state index is 11.3. The lowest BCUT2D eigenvalue weighted by Crippen LogP contribution is -2.02. The SMILES string of the molecule is COc1cc(-c2nc(Nc3ccc(S(N)=O)cc3)sc2CO)cc(OC)n1. The first-order chi connectivity index (χ1) is 13.0. The van der Waals surface area contributed by atoms with Crippen LogP contribution in [0.3, 0.4) is 0 Å². The van der Waals surface area contributed by atoms with Crippen molar-refractivity contribution in [2.45, 2.75) is 11.5 Å². The van der Waals surface area contributed by atoms with Crippen LogP contribution >= 0.6 is 11.3 Å². The topological polar surface area (TPSA) is 120 Å². The van der Waals surface area contributed by atoms with E-state index in [2.05, 4.69) is 15.3 Å². The highest BCUT2D eigenvalue weighted by atomic mass is 32.2. The molecule has 3 aromatic rings. The number of thiazole rings is 1. The number of aromatic nitrogens is 2. The molecule has 0 aliphatic heterocycles. The molecule has 1 aromatic carbocycles. The number of benzene rings is 1. The van der Waals surface area contributed by atoms with Crippen LogP contribution in [0, 0.1) is 0 Å². The molecule has 0 spiro atoms. The summed E-state index contributed by atoms with van der Waals surface area (Å²) in [6.45, 7) is -0.160. The Kier molecular flexibility index (Phi) is 6.01. The van der Waals surface area contributed by atoms with Crippen LogP contribution in [0.1, 0.15) is 4.88 Å². The lowest BCUT2D eigenvalue weighted by molar-refractivity contribution is 0.286. The largest absolute Gasteiger partial charge is 0.481 e. The summed E-state index contributed by atoms with van der Waals surface area (Å²) >= 11 is 1.33. The number of nitrogens with zero attached hydrogens (tertiary/aromatic N) is 2. The number of rotatable bonds is 7. The molecule has 0 saturated heterocycles. The van der Waals surface area contributed by atoms with Crippen molar-refractivity contribution >= 4 is 33.1 Å². The number of nitrogens with two attached hydrogens (primary N) is 1. The Morgan fingerprint density at radius 3 is 2.30 bits per heavy atom. The first-order valence-electron chi connectivity index (χ1n) is 7.78. The molecule has 10 heteroatoms. The zero-order valence-electron chi connectivity index (χ0n) is 14.6. The number of nitrogens with one attached hydrogen (secondary N) is 1. The molecule has 1 atom stereocenters. The Bertz CT molecular complexity index is 938. The molecular formula is C17H18N4O4S2. The summed E-state index contributed by atoms with van der Waals surface area (Å²) in [6, 6.07) is 10.3. The number of anilines is 2. The second kappa shape index (κ2) is 8.44. The van der Waals surface area contributed by atoms with Gasteiger partial charge in [0.05, 0.1) is 36.3 Å². The van der Waals surface area contributed by atoms with E-state index in [1.54, 1.807) is 36.4 Å². The molecule has 142 valence electrons. The fourth-order valence-corrected chi connectivity index (χ4v) is 3.63. The van der Waals surface area contributed by atoms with E-state index in [4.69, 9.17) is 14.6 Å². The molecule has 0 saturated carbocycles. The lowest BCUT2D eigenvalue weighted by atomic mass is 10.2. The molecule has 0 amide bonds. The fraction of sp³-hybridized carbons (Fsp3) is 0.176. The van der Waals surface area contributed by atoms with Crippen LogP contribution < -0.4 is 19.9 Å². The minimum atomic E-state index is -1.52. The zero-order chi connectivity index (χ0) is 19.4. The Morgan fingerprint density at radius 1 is 1.15 bits per heavy atom. The summed E-state index contributed by atoms with van der Waals surface area (Å²) in [6.07, 6.45) is 0. The summed E-state index contributed by atoms with van der Waals surface area (Å²) in [7, 11) is 1.52. The maximum atomic E-state index is 11.3. The number of methoxy groups -OCH3 is 2. The van der Waals surface area contributed by atoms with Crippen LogP contribution in [0.15, 0.2) is 41.3 Å². The van der Waals surface area contributed by atoms with E-state index in [1.807, 2.05) is 0 Å². The molecule has 3 rings (SSSR count). The predicted octanol–water partition coefficient (Wildman–Crippen LogP) is 2.44. The van der Waals surface area contributed by atoms with Crippen LogP contribution in [0.2, 0.25) is 0 Å². The molecule has 2 heterocycles. The second-order valence-corrected chi connectivity index (χ2v) is 7.49. The van der Waals surface area contributed by atoms with Gasteiger partial charge in [0.1, 0.15) is 11.0 Å². The number of pyridine rings is 1. The van der Waals surface area contributed by atoms with Gasteiger partial charge in [-0.25, -0.2) is 14.3 Å². The number of aliphatic hydroxyl groups excluding tert-OH is 1. The number of hydrogen-bond donors (Lipinski definition) is 3. The van der Waals surface area contributed by atoms with Crippen LogP contribution in [0.5, 0.6) is 11.8 Å². The van der Waals surface area contributed by atoms with Crippen molar-refractivity contribution in [1.82, 2.24) is 9.97 Å². The fourth-order valence-electron chi connectivity index (χ4n) is 2.36. The third-order valence-corrected chi connectivity index (χ3v) is 5.34. The normalized spacial score (nSPS) is 11.9. The van der Waals surface area contributed by atoms with Crippen LogP contribution in [-0.2, 0) is 17.6 Å². The average Bonchev–Trinajstić information content (AvgIpc) is 3.10. The van der Waals surface area contributed by atoms with Gasteiger partial charge in [-0.2, -0.15) is 4.98 Å². The van der Waals surface area contributed by atoms with E-state index in [0.29, 0.717) is 32.4 Å². The van der Waals surface area contributed by atoms with E-state index in [0.717, 1.165) is 11.3 Å². The monoisotopic (exact) mass is 406 g/mol. The van der Waals surface area contributed by atoms with Crippen molar-refractivity contribution in [3.05, 3.63) is 41.3 Å². The quantitative estimate of drug-likeness (QED) is 0.551. The summed E-state index contributed by atoms with van der Waals surface area (Å²) in [5.41, 5.74) is 2.10. The van der Waals surface area contributed by atoms with Gasteiger partial charge in [-0.05, 0) is 24.3 Å². The first kappa shape index (κ1) is 19.2. The summed E-state index contributed by atoms with van der Waals surface area (Å²) in [4.78, 5) is 9.97. The summed E-state index contributed by atoms with van der Waals surface area (Å²) in [5, 5.41) is 18.9. The van der Waals surface area contributed by atoms with Gasteiger partial charge in [-0.3, -0.25) is 0 Å². The molecule has 0 aliphatic rings. The van der Waals surface area contributed by atoms with Gasteiger partial charge in [0.25, 0.3) is 0 Å². The highest BCUT2D eigenvalue weighted by Gasteiger charge is 2.15. The highest BCUT2D eigenvalue weighted by molar-refractivity contribution is 7.82. The van der Waals surface area contributed by atoms with Gasteiger partial charge in [-0.1, -0.05) is 11.3 Å². The number of aliphatic hydroxyl groups is 1. The minimum absolute atomic E-state index is 0.160. The number of hydrogen-bond acceptors (Lipinski definition) is 8. The lowest BCUT2D eigenvalue weighted by Gasteiger charge is -2.06. The summed E-state index contributed by atoms with van der Waals surface area (Å²) in [5.74, 6) is 0.780. The standard InChI is InChI=1S/C17H18N4O4S2/c1-24-14-7-10(8-15(20-14)25-2)16-13(9-22)26-17(21-16)19-11-3-5-12(6-4-11)27(18)23/h3-8,22H,9,18H2,1-2H3,(H,19,21). The Morgan fingerprint density at radius 2 is 1.78 bits per heavy atom. The first-order valence-corrected chi connectivity index (χ1v) is 9.81. The van der Waals surface area contributed by atoms with Crippen molar-refractivity contribution in [1.29, 1.82) is 0 Å². The molecule has 4 N–H and O–H groups in total. The molecule has 2 aromatic heterocycles. The molecule has 27 heavy (non-hydrogen) atoms. The minimum Gasteiger partial charge on any atom is -0.481 e. The van der Waals surface area contributed by atoms with E-state index in [9.17, 15) is 9.32 Å². The molecule has 1 unspecified atom stereocenters. The van der Waals surface area contributed by atoms with Crippen LogP contribution in [0.25, 0.3) is 11.3 Å². The average molecular weight is 406 g/mol. The number of ether oxygens (including phenoxy) is 2. The van der Waals surface area contributed by atoms with Crippen molar-refractivity contribution in [3.63, 3.8) is 0 Å². The van der Waals surface area contributed by atoms with Gasteiger partial charge in [-0.15, -0.1) is 0 Å². The molecule has 0 aliphatic carbocycles. The van der Waals surface area contributed by atoms with Gasteiger partial charge in [0.15, 0.2) is 5.13 Å². The van der Waals surface area contributed by atoms with E-state index < -0.39 is 11.0 Å². The van der Waals surface area contributed by atoms with Crippen molar-refractivity contribution in [2.24, 2.45) is 5.14 Å². The van der Waals surface area contributed by atoms with Crippen molar-refractivity contribution < 1.29 is 18.8 Å². The second-order valence-electron chi connectivity index (χ2n) is 5.34. The molecular weight excluding hydrogens is 388 g/mol. The van der Waals surface area contributed by atoms with Crippen LogP contribution in [0.4, 0.5) is 10.8 Å². The zero-order valence-corrected chi connectivity index (χ0v) is 16.3. The van der Waals surface area contributed by atoms with Gasteiger partial charge in [0.2, 0.25) is 11.8 Å². The van der Waals surface area contributed by atoms with Gasteiger partial charge in [0, 0.05) is 23.4 Å². The Hall–Kier alpha value is -2.53. The molecule has 0 radical (unpaired) electrons. The maximum Gasteiger partial charge on any atom is 0.216 e.